The van der Waals surface area contributed by atoms with Gasteiger partial charge in [0.15, 0.2) is 0 Å². The van der Waals surface area contributed by atoms with Gasteiger partial charge in [-0.1, -0.05) is 17.7 Å². The number of nitrogens with one attached hydrogen (secondary N) is 1. The maximum absolute atomic E-state index is 12.1. The molecule has 0 saturated heterocycles. The van der Waals surface area contributed by atoms with Gasteiger partial charge in [-0.15, -0.1) is 0 Å². The minimum Gasteiger partial charge on any atom is -0.497 e. The number of carbonyl (C=O) groups is 2. The van der Waals surface area contributed by atoms with E-state index in [1.54, 1.807) is 43.3 Å². The van der Waals surface area contributed by atoms with Crippen molar-refractivity contribution in [1.29, 1.82) is 0 Å². The van der Waals surface area contributed by atoms with Crippen LogP contribution < -0.4 is 15.7 Å². The average Bonchev–Trinajstić information content (AvgIpc) is 2.71. The predicted molar refractivity (Wildman–Crippen MR) is 107 cm³/mol. The largest absolute Gasteiger partial charge is 0.497 e. The highest BCUT2D eigenvalue weighted by Gasteiger charge is 2.13. The summed E-state index contributed by atoms with van der Waals surface area (Å²) in [6, 6.07) is 11.1. The molecular formula is C21H18ClNO6. The van der Waals surface area contributed by atoms with Crippen LogP contribution in [0.15, 0.2) is 51.7 Å². The van der Waals surface area contributed by atoms with Gasteiger partial charge in [-0.25, -0.2) is 4.79 Å². The van der Waals surface area contributed by atoms with Gasteiger partial charge in [0.2, 0.25) is 0 Å². The smallest absolute Gasteiger partial charge is 0.336 e. The van der Waals surface area contributed by atoms with E-state index in [9.17, 15) is 14.4 Å². The van der Waals surface area contributed by atoms with Crippen LogP contribution in [0.4, 0.5) is 0 Å². The molecule has 0 radical (unpaired) electrons. The average molecular weight is 416 g/mol. The number of amides is 1. The molecule has 8 heteroatoms. The second kappa shape index (κ2) is 8.79. The summed E-state index contributed by atoms with van der Waals surface area (Å²) in [5, 5.41) is 3.56. The van der Waals surface area contributed by atoms with E-state index in [4.69, 9.17) is 25.5 Å². The van der Waals surface area contributed by atoms with Gasteiger partial charge in [0.1, 0.15) is 24.5 Å². The molecule has 0 aliphatic rings. The van der Waals surface area contributed by atoms with Crippen molar-refractivity contribution in [2.75, 3.05) is 13.7 Å². The molecule has 1 N–H and O–H groups in total. The van der Waals surface area contributed by atoms with E-state index in [1.165, 1.54) is 13.2 Å². The molecule has 0 spiro atoms. The van der Waals surface area contributed by atoms with Gasteiger partial charge in [-0.2, -0.15) is 0 Å². The lowest BCUT2D eigenvalue weighted by atomic mass is 10.1. The first-order chi connectivity index (χ1) is 13.9. The fraction of sp³-hybridized carbons (Fsp3) is 0.190. The van der Waals surface area contributed by atoms with E-state index in [1.807, 2.05) is 0 Å². The zero-order valence-electron chi connectivity index (χ0n) is 15.8. The van der Waals surface area contributed by atoms with E-state index in [0.29, 0.717) is 32.9 Å². The number of hydrogen-bond acceptors (Lipinski definition) is 6. The van der Waals surface area contributed by atoms with E-state index < -0.39 is 17.5 Å². The third-order valence-electron chi connectivity index (χ3n) is 4.22. The number of methoxy groups -OCH3 is 1. The number of esters is 1. The minimum atomic E-state index is -0.652. The van der Waals surface area contributed by atoms with Crippen molar-refractivity contribution in [3.05, 3.63) is 74.6 Å². The second-order valence-corrected chi connectivity index (χ2v) is 6.67. The van der Waals surface area contributed by atoms with Crippen molar-refractivity contribution in [3.8, 4) is 5.75 Å². The van der Waals surface area contributed by atoms with Gasteiger partial charge in [-0.05, 0) is 42.8 Å². The van der Waals surface area contributed by atoms with Gasteiger partial charge in [-0.3, -0.25) is 9.59 Å². The van der Waals surface area contributed by atoms with E-state index >= 15 is 0 Å². The number of halogens is 1. The van der Waals surface area contributed by atoms with Gasteiger partial charge in [0.25, 0.3) is 5.91 Å². The Morgan fingerprint density at radius 3 is 2.72 bits per heavy atom. The summed E-state index contributed by atoms with van der Waals surface area (Å²) < 4.78 is 15.4. The van der Waals surface area contributed by atoms with Crippen molar-refractivity contribution in [3.63, 3.8) is 0 Å². The van der Waals surface area contributed by atoms with Crippen LogP contribution >= 0.6 is 11.6 Å². The predicted octanol–water partition coefficient (Wildman–Crippen LogP) is 3.24. The number of rotatable bonds is 6. The summed E-state index contributed by atoms with van der Waals surface area (Å²) in [6.45, 7) is 1.31. The maximum atomic E-state index is 12.1. The maximum Gasteiger partial charge on any atom is 0.336 e. The molecule has 0 aliphatic heterocycles. The Labute approximate surface area is 171 Å². The highest BCUT2D eigenvalue weighted by atomic mass is 35.5. The molecule has 2 aromatic carbocycles. The van der Waals surface area contributed by atoms with Gasteiger partial charge in [0, 0.05) is 27.6 Å². The second-order valence-electron chi connectivity index (χ2n) is 6.26. The lowest BCUT2D eigenvalue weighted by molar-refractivity contribution is -0.143. The van der Waals surface area contributed by atoms with Crippen molar-refractivity contribution in [2.24, 2.45) is 0 Å². The van der Waals surface area contributed by atoms with Crippen molar-refractivity contribution >= 4 is 34.4 Å². The van der Waals surface area contributed by atoms with Gasteiger partial charge < -0.3 is 19.2 Å². The lowest BCUT2D eigenvalue weighted by Crippen LogP contribution is -2.30. The van der Waals surface area contributed by atoms with Crippen LogP contribution in [0.2, 0.25) is 5.02 Å². The van der Waals surface area contributed by atoms with Crippen molar-refractivity contribution in [1.82, 2.24) is 5.32 Å². The lowest BCUT2D eigenvalue weighted by Gasteiger charge is -2.09. The number of fused-ring (bicyclic) bond motifs is 1. The molecule has 3 aromatic rings. The Morgan fingerprint density at radius 2 is 1.97 bits per heavy atom. The quantitative estimate of drug-likeness (QED) is 0.490. The molecule has 7 nitrogen and oxygen atoms in total. The fourth-order valence-corrected chi connectivity index (χ4v) is 2.86. The summed E-state index contributed by atoms with van der Waals surface area (Å²) in [7, 11) is 1.50. The number of carbonyl (C=O) groups excluding carboxylic acids is 2. The summed E-state index contributed by atoms with van der Waals surface area (Å²) in [5.74, 6) is -0.557. The summed E-state index contributed by atoms with van der Waals surface area (Å²) in [4.78, 5) is 35.9. The van der Waals surface area contributed by atoms with Crippen LogP contribution in [0, 0.1) is 6.92 Å². The number of aryl methyl sites for hydroxylation is 1. The molecule has 0 aliphatic carbocycles. The third kappa shape index (κ3) is 4.94. The third-order valence-corrected chi connectivity index (χ3v) is 4.63. The minimum absolute atomic E-state index is 0.157. The number of hydrogen-bond donors (Lipinski definition) is 1. The van der Waals surface area contributed by atoms with Crippen LogP contribution in [-0.4, -0.2) is 25.5 Å². The van der Waals surface area contributed by atoms with Crippen LogP contribution in [0.3, 0.4) is 0 Å². The Bertz CT molecular complexity index is 1140. The van der Waals surface area contributed by atoms with Crippen LogP contribution in [0.5, 0.6) is 5.75 Å². The molecular weight excluding hydrogens is 398 g/mol. The Morgan fingerprint density at radius 1 is 1.17 bits per heavy atom. The standard InChI is InChI=1S/C21H18ClNO6/c1-12-6-18-16(9-17(12)22)14(8-19(24)29-18)11-28-20(25)10-23-21(26)13-4-3-5-15(7-13)27-2/h3-9H,10-11H2,1-2H3,(H,23,26). The molecule has 3 rings (SSSR count). The van der Waals surface area contributed by atoms with E-state index in [2.05, 4.69) is 5.32 Å². The van der Waals surface area contributed by atoms with E-state index in [0.717, 1.165) is 5.56 Å². The normalized spacial score (nSPS) is 10.6. The summed E-state index contributed by atoms with van der Waals surface area (Å²) in [5.41, 5.74) is 1.38. The SMILES string of the molecule is COc1cccc(C(=O)NCC(=O)OCc2cc(=O)oc3cc(C)c(Cl)cc23)c1. The van der Waals surface area contributed by atoms with Crippen LogP contribution in [0.1, 0.15) is 21.5 Å². The van der Waals surface area contributed by atoms with E-state index in [-0.39, 0.29) is 13.2 Å². The first kappa shape index (κ1) is 20.4. The molecule has 1 heterocycles. The molecule has 0 fully saturated rings. The first-order valence-electron chi connectivity index (χ1n) is 8.68. The van der Waals surface area contributed by atoms with Crippen molar-refractivity contribution in [2.45, 2.75) is 13.5 Å². The fourth-order valence-electron chi connectivity index (χ4n) is 2.70. The topological polar surface area (TPSA) is 94.8 Å². The zero-order chi connectivity index (χ0) is 21.0. The Balaban J connectivity index is 1.64. The number of ether oxygens (including phenoxy) is 2. The molecule has 150 valence electrons. The van der Waals surface area contributed by atoms with Gasteiger partial charge >= 0.3 is 11.6 Å². The molecule has 0 unspecified atom stereocenters. The summed E-state index contributed by atoms with van der Waals surface area (Å²) >= 11 is 6.14. The molecule has 1 aromatic heterocycles. The Hall–Kier alpha value is -3.32. The van der Waals surface area contributed by atoms with Crippen LogP contribution in [0.25, 0.3) is 11.0 Å². The number of benzene rings is 2. The summed E-state index contributed by atoms with van der Waals surface area (Å²) in [6.07, 6.45) is 0. The highest BCUT2D eigenvalue weighted by molar-refractivity contribution is 6.32. The molecule has 0 atom stereocenters. The monoisotopic (exact) mass is 415 g/mol. The Kier molecular flexibility index (Phi) is 6.19. The molecule has 0 saturated carbocycles. The van der Waals surface area contributed by atoms with Crippen LogP contribution in [-0.2, 0) is 16.1 Å². The first-order valence-corrected chi connectivity index (χ1v) is 9.06. The zero-order valence-corrected chi connectivity index (χ0v) is 16.5. The molecule has 1 amide bonds. The molecule has 29 heavy (non-hydrogen) atoms. The van der Waals surface area contributed by atoms with Gasteiger partial charge in [0.05, 0.1) is 7.11 Å². The highest BCUT2D eigenvalue weighted by Crippen LogP contribution is 2.25. The molecule has 0 bridgehead atoms. The van der Waals surface area contributed by atoms with Crippen molar-refractivity contribution < 1.29 is 23.5 Å².